The Bertz CT molecular complexity index is 922. The molecule has 28 heavy (non-hydrogen) atoms. The third-order valence-corrected chi connectivity index (χ3v) is 4.60. The van der Waals surface area contributed by atoms with Crippen molar-refractivity contribution in [3.63, 3.8) is 0 Å². The van der Waals surface area contributed by atoms with Crippen LogP contribution in [-0.4, -0.2) is 41.8 Å². The number of aliphatic imine (C=N–C) groups is 1. The number of halogens is 1. The van der Waals surface area contributed by atoms with E-state index in [0.717, 1.165) is 5.56 Å². The highest BCUT2D eigenvalue weighted by Crippen LogP contribution is 2.26. The number of carbonyl (C=O) groups excluding carboxylic acids is 2. The molecule has 0 aromatic heterocycles. The number of nitrogens with one attached hydrogen (secondary N) is 1. The first-order valence-electron chi connectivity index (χ1n) is 8.63. The third kappa shape index (κ3) is 4.23. The number of oxime groups is 1. The van der Waals surface area contributed by atoms with Crippen LogP contribution in [-0.2, 0) is 16.2 Å². The Balaban J connectivity index is 1.71. The summed E-state index contributed by atoms with van der Waals surface area (Å²) in [7, 11) is 0. The van der Waals surface area contributed by atoms with Crippen molar-refractivity contribution in [3.05, 3.63) is 52.3 Å². The highest BCUT2D eigenvalue weighted by Gasteiger charge is 2.27. The monoisotopic (exact) mass is 401 g/mol. The maximum Gasteiger partial charge on any atom is 0.254 e. The highest BCUT2D eigenvalue weighted by atomic mass is 35.5. The van der Waals surface area contributed by atoms with Crippen molar-refractivity contribution in [2.75, 3.05) is 6.54 Å². The Morgan fingerprint density at radius 3 is 3.04 bits per heavy atom. The van der Waals surface area contributed by atoms with Crippen LogP contribution >= 0.6 is 11.6 Å². The fourth-order valence-electron chi connectivity index (χ4n) is 2.88. The lowest BCUT2D eigenvalue weighted by Crippen LogP contribution is -2.25. The molecule has 146 valence electrons. The molecule has 9 heteroatoms. The number of hydrogen-bond acceptors (Lipinski definition) is 7. The molecule has 0 spiro atoms. The molecule has 0 radical (unpaired) electrons. The summed E-state index contributed by atoms with van der Waals surface area (Å²) in [6.45, 7) is 6.16. The van der Waals surface area contributed by atoms with Gasteiger partial charge in [0.15, 0.2) is 5.84 Å². The molecule has 8 nitrogen and oxygen atoms in total. The second-order valence-corrected chi connectivity index (χ2v) is 6.88. The van der Waals surface area contributed by atoms with Gasteiger partial charge in [-0.2, -0.15) is 0 Å². The zero-order chi connectivity index (χ0) is 20.3. The Labute approximate surface area is 167 Å². The molecule has 0 fully saturated rings. The van der Waals surface area contributed by atoms with Crippen molar-refractivity contribution in [2.45, 2.75) is 26.0 Å². The quantitative estimate of drug-likeness (QED) is 0.559. The lowest BCUT2D eigenvalue weighted by molar-refractivity contribution is -0.108. The summed E-state index contributed by atoms with van der Waals surface area (Å²) in [4.78, 5) is 33.7. The largest absolute Gasteiger partial charge is 0.397 e. The van der Waals surface area contributed by atoms with Crippen molar-refractivity contribution in [1.29, 1.82) is 0 Å². The molecule has 1 aromatic rings. The normalized spacial score (nSPS) is 19.2. The molecular formula is C19H20ClN5O3. The van der Waals surface area contributed by atoms with Crippen LogP contribution in [0.15, 0.2) is 45.8 Å². The second kappa shape index (κ2) is 8.26. The molecule has 2 heterocycles. The van der Waals surface area contributed by atoms with Crippen LogP contribution in [0.25, 0.3) is 5.70 Å². The van der Waals surface area contributed by atoms with Crippen LogP contribution in [0.4, 0.5) is 0 Å². The van der Waals surface area contributed by atoms with Gasteiger partial charge in [-0.1, -0.05) is 35.5 Å². The second-order valence-electron chi connectivity index (χ2n) is 6.47. The number of rotatable bonds is 6. The van der Waals surface area contributed by atoms with Crippen LogP contribution in [0, 0.1) is 0 Å². The number of aldehydes is 1. The number of hydrogen-bond donors (Lipinski definition) is 2. The van der Waals surface area contributed by atoms with E-state index in [1.54, 1.807) is 18.2 Å². The van der Waals surface area contributed by atoms with Gasteiger partial charge in [-0.15, -0.1) is 0 Å². The SMILES string of the molecule is C=C(/N=C\C(Cl)=C(/N)c1ccc2c(c1)C(=O)N(CC=O)C2)NC1=NOC(C)C1. The Morgan fingerprint density at radius 2 is 2.36 bits per heavy atom. The van der Waals surface area contributed by atoms with Gasteiger partial charge in [-0.05, 0) is 24.1 Å². The van der Waals surface area contributed by atoms with E-state index in [1.807, 2.05) is 6.92 Å². The van der Waals surface area contributed by atoms with Gasteiger partial charge in [0.25, 0.3) is 5.91 Å². The number of amidine groups is 1. The zero-order valence-corrected chi connectivity index (χ0v) is 16.1. The fraction of sp³-hybridized carbons (Fsp3) is 0.263. The summed E-state index contributed by atoms with van der Waals surface area (Å²) in [6.07, 6.45) is 2.74. The van der Waals surface area contributed by atoms with Gasteiger partial charge in [0.05, 0.1) is 17.3 Å². The molecule has 3 N–H and O–H groups in total. The molecule has 2 aliphatic heterocycles. The lowest BCUT2D eigenvalue weighted by atomic mass is 10.0. The molecular weight excluding hydrogens is 382 g/mol. The molecule has 3 rings (SSSR count). The number of carbonyl (C=O) groups is 2. The van der Waals surface area contributed by atoms with Crippen LogP contribution in [0.1, 0.15) is 34.8 Å². The maximum absolute atomic E-state index is 12.3. The Morgan fingerprint density at radius 1 is 1.57 bits per heavy atom. The number of amides is 1. The van der Waals surface area contributed by atoms with E-state index in [1.165, 1.54) is 11.1 Å². The van der Waals surface area contributed by atoms with E-state index >= 15 is 0 Å². The van der Waals surface area contributed by atoms with Crippen molar-refractivity contribution in [2.24, 2.45) is 15.9 Å². The van der Waals surface area contributed by atoms with E-state index in [2.05, 4.69) is 22.0 Å². The Hall–Kier alpha value is -3.13. The predicted octanol–water partition coefficient (Wildman–Crippen LogP) is 1.96. The molecule has 1 aromatic carbocycles. The third-order valence-electron chi connectivity index (χ3n) is 4.30. The van der Waals surface area contributed by atoms with Crippen LogP contribution in [0.5, 0.6) is 0 Å². The van der Waals surface area contributed by atoms with Gasteiger partial charge in [-0.25, -0.2) is 4.99 Å². The first kappa shape index (κ1) is 19.6. The van der Waals surface area contributed by atoms with Crippen LogP contribution < -0.4 is 11.1 Å². The summed E-state index contributed by atoms with van der Waals surface area (Å²) >= 11 is 6.26. The van der Waals surface area contributed by atoms with Crippen LogP contribution in [0.3, 0.4) is 0 Å². The number of nitrogens with zero attached hydrogens (tertiary/aromatic N) is 3. The predicted molar refractivity (Wildman–Crippen MR) is 108 cm³/mol. The average Bonchev–Trinajstić information content (AvgIpc) is 3.22. The molecule has 1 unspecified atom stereocenters. The first-order valence-corrected chi connectivity index (χ1v) is 9.01. The van der Waals surface area contributed by atoms with E-state index in [-0.39, 0.29) is 29.3 Å². The van der Waals surface area contributed by atoms with Crippen LogP contribution in [0.2, 0.25) is 0 Å². The smallest absolute Gasteiger partial charge is 0.254 e. The van der Waals surface area contributed by atoms with Crippen molar-refractivity contribution < 1.29 is 14.4 Å². The number of nitrogens with two attached hydrogens (primary N) is 1. The van der Waals surface area contributed by atoms with Gasteiger partial charge in [0.2, 0.25) is 0 Å². The van der Waals surface area contributed by atoms with Crippen molar-refractivity contribution in [1.82, 2.24) is 10.2 Å². The topological polar surface area (TPSA) is 109 Å². The minimum atomic E-state index is -0.201. The first-order chi connectivity index (χ1) is 13.4. The molecule has 0 saturated heterocycles. The summed E-state index contributed by atoms with van der Waals surface area (Å²) in [5, 5.41) is 7.01. The van der Waals surface area contributed by atoms with Crippen molar-refractivity contribution in [3.8, 4) is 0 Å². The molecule has 2 aliphatic rings. The van der Waals surface area contributed by atoms with E-state index in [9.17, 15) is 9.59 Å². The molecule has 1 amide bonds. The molecule has 0 aliphatic carbocycles. The van der Waals surface area contributed by atoms with E-state index < -0.39 is 0 Å². The van der Waals surface area contributed by atoms with E-state index in [4.69, 9.17) is 22.2 Å². The maximum atomic E-state index is 12.3. The van der Waals surface area contributed by atoms with Crippen molar-refractivity contribution >= 4 is 41.5 Å². The highest BCUT2D eigenvalue weighted by molar-refractivity contribution is 6.42. The minimum Gasteiger partial charge on any atom is -0.397 e. The average molecular weight is 402 g/mol. The van der Waals surface area contributed by atoms with Gasteiger partial charge in [0, 0.05) is 24.7 Å². The summed E-state index contributed by atoms with van der Waals surface area (Å²) < 4.78 is 0. The fourth-order valence-corrected chi connectivity index (χ4v) is 3.04. The van der Waals surface area contributed by atoms with E-state index in [0.29, 0.717) is 42.0 Å². The molecule has 0 bridgehead atoms. The number of benzene rings is 1. The zero-order valence-electron chi connectivity index (χ0n) is 15.3. The standard InChI is InChI=1S/C19H20ClN5O3/c1-11-7-17(24-28-11)23-12(2)22-9-16(20)18(21)13-3-4-14-10-25(5-6-26)19(27)15(14)8-13/h3-4,6,8-9,11H,2,5,7,10,21H2,1H3,(H,23,24)/b18-16+,22-9-. The number of allylic oxidation sites excluding steroid dienone is 1. The van der Waals surface area contributed by atoms with Gasteiger partial charge in [0.1, 0.15) is 18.2 Å². The minimum absolute atomic E-state index is 0.0170. The van der Waals surface area contributed by atoms with Gasteiger partial charge >= 0.3 is 0 Å². The van der Waals surface area contributed by atoms with Gasteiger partial charge < -0.3 is 25.6 Å². The lowest BCUT2D eigenvalue weighted by Gasteiger charge is -2.10. The summed E-state index contributed by atoms with van der Waals surface area (Å²) in [6, 6.07) is 5.26. The molecule has 1 atom stereocenters. The number of fused-ring (bicyclic) bond motifs is 1. The summed E-state index contributed by atoms with van der Waals surface area (Å²) in [5.74, 6) is 0.781. The summed E-state index contributed by atoms with van der Waals surface area (Å²) in [5.41, 5.74) is 8.36. The Kier molecular flexibility index (Phi) is 5.79. The molecule has 0 saturated carbocycles. The van der Waals surface area contributed by atoms with Gasteiger partial charge in [-0.3, -0.25) is 4.79 Å².